The highest BCUT2D eigenvalue weighted by molar-refractivity contribution is 9.11. The van der Waals surface area contributed by atoms with Gasteiger partial charge in [0.15, 0.2) is 0 Å². The zero-order chi connectivity index (χ0) is 15.7. The van der Waals surface area contributed by atoms with E-state index in [2.05, 4.69) is 33.0 Å². The Balaban J connectivity index is 1.61. The maximum absolute atomic E-state index is 11.7. The summed E-state index contributed by atoms with van der Waals surface area (Å²) in [6.07, 6.45) is 2.16. The van der Waals surface area contributed by atoms with Crippen LogP contribution in [0.4, 0.5) is 0 Å². The summed E-state index contributed by atoms with van der Waals surface area (Å²) in [4.78, 5) is 17.5. The van der Waals surface area contributed by atoms with E-state index in [-0.39, 0.29) is 23.8 Å². The van der Waals surface area contributed by atoms with E-state index < -0.39 is 0 Å². The van der Waals surface area contributed by atoms with E-state index >= 15 is 0 Å². The van der Waals surface area contributed by atoms with E-state index in [1.165, 1.54) is 8.66 Å². The molecule has 0 radical (unpaired) electrons. The topological polar surface area (TPSA) is 43.8 Å². The van der Waals surface area contributed by atoms with Crippen molar-refractivity contribution < 1.29 is 9.90 Å². The van der Waals surface area contributed by atoms with Crippen molar-refractivity contribution in [2.75, 3.05) is 32.8 Å². The summed E-state index contributed by atoms with van der Waals surface area (Å²) >= 11 is 5.31. The molecule has 3 heterocycles. The smallest absolute Gasteiger partial charge is 0.219 e. The third-order valence-corrected chi connectivity index (χ3v) is 6.95. The van der Waals surface area contributed by atoms with Crippen LogP contribution in [-0.4, -0.2) is 53.6 Å². The summed E-state index contributed by atoms with van der Waals surface area (Å²) in [6.45, 7) is 6.50. The van der Waals surface area contributed by atoms with Gasteiger partial charge in [0, 0.05) is 44.0 Å². The number of thiophene rings is 1. The Bertz CT molecular complexity index is 540. The number of aliphatic hydroxyl groups excluding tert-OH is 1. The minimum atomic E-state index is 0.132. The molecule has 122 valence electrons. The van der Waals surface area contributed by atoms with Gasteiger partial charge in [-0.05, 0) is 59.4 Å². The quantitative estimate of drug-likeness (QED) is 0.867. The molecule has 2 fully saturated rings. The van der Waals surface area contributed by atoms with Gasteiger partial charge in [-0.15, -0.1) is 11.3 Å². The zero-order valence-corrected chi connectivity index (χ0v) is 15.3. The molecule has 1 spiro atoms. The monoisotopic (exact) mass is 386 g/mol. The largest absolute Gasteiger partial charge is 0.396 e. The van der Waals surface area contributed by atoms with Gasteiger partial charge in [0.25, 0.3) is 0 Å². The second-order valence-corrected chi connectivity index (χ2v) is 9.17. The highest BCUT2D eigenvalue weighted by Gasteiger charge is 2.48. The Labute approximate surface area is 144 Å². The molecule has 0 aliphatic carbocycles. The molecule has 0 bridgehead atoms. The van der Waals surface area contributed by atoms with Crippen molar-refractivity contribution in [1.29, 1.82) is 0 Å². The molecule has 2 saturated heterocycles. The molecule has 2 aliphatic rings. The highest BCUT2D eigenvalue weighted by atomic mass is 79.9. The molecule has 1 N–H and O–H groups in total. The lowest BCUT2D eigenvalue weighted by molar-refractivity contribution is -0.128. The summed E-state index contributed by atoms with van der Waals surface area (Å²) in [6, 6.07) is 4.29. The SMILES string of the molecule is CC(=O)N1CC(CO)C2(CCN(Cc3ccc(Br)s3)CC2)C1. The first-order valence-corrected chi connectivity index (χ1v) is 9.46. The van der Waals surface area contributed by atoms with Crippen molar-refractivity contribution >= 4 is 33.2 Å². The average Bonchev–Trinajstić information content (AvgIpc) is 3.06. The molecule has 4 nitrogen and oxygen atoms in total. The van der Waals surface area contributed by atoms with Crippen LogP contribution in [0, 0.1) is 11.3 Å². The van der Waals surface area contributed by atoms with Gasteiger partial charge in [0.1, 0.15) is 0 Å². The molecule has 1 amide bonds. The minimum Gasteiger partial charge on any atom is -0.396 e. The molecule has 1 aromatic rings. The first-order valence-electron chi connectivity index (χ1n) is 7.85. The number of nitrogens with zero attached hydrogens (tertiary/aromatic N) is 2. The van der Waals surface area contributed by atoms with Gasteiger partial charge in [-0.2, -0.15) is 0 Å². The number of carbonyl (C=O) groups is 1. The van der Waals surface area contributed by atoms with Gasteiger partial charge in [-0.25, -0.2) is 0 Å². The third-order valence-electron chi connectivity index (χ3n) is 5.34. The molecule has 6 heteroatoms. The molecule has 0 aromatic carbocycles. The standard InChI is InChI=1S/C16H23BrN2O2S/c1-12(21)19-8-13(10-20)16(11-19)4-6-18(7-5-16)9-14-2-3-15(17)22-14/h2-3,13,20H,4-11H2,1H3. The van der Waals surface area contributed by atoms with E-state index in [0.29, 0.717) is 0 Å². The lowest BCUT2D eigenvalue weighted by atomic mass is 9.71. The van der Waals surface area contributed by atoms with E-state index in [1.54, 1.807) is 18.3 Å². The molecular weight excluding hydrogens is 364 g/mol. The van der Waals surface area contributed by atoms with Gasteiger partial charge >= 0.3 is 0 Å². The van der Waals surface area contributed by atoms with Crippen LogP contribution in [0.3, 0.4) is 0 Å². The van der Waals surface area contributed by atoms with E-state index in [4.69, 9.17) is 0 Å². The van der Waals surface area contributed by atoms with Gasteiger partial charge in [-0.1, -0.05) is 0 Å². The Kier molecular flexibility index (Phi) is 4.92. The van der Waals surface area contributed by atoms with Crippen LogP contribution < -0.4 is 0 Å². The molecule has 22 heavy (non-hydrogen) atoms. The van der Waals surface area contributed by atoms with Crippen LogP contribution in [0.25, 0.3) is 0 Å². The van der Waals surface area contributed by atoms with E-state index in [9.17, 15) is 9.90 Å². The predicted octanol–water partition coefficient (Wildman–Crippen LogP) is 2.56. The second kappa shape index (κ2) is 6.59. The Morgan fingerprint density at radius 1 is 1.45 bits per heavy atom. The fraction of sp³-hybridized carbons (Fsp3) is 0.688. The van der Waals surface area contributed by atoms with E-state index in [0.717, 1.165) is 45.6 Å². The van der Waals surface area contributed by atoms with Crippen molar-refractivity contribution in [3.63, 3.8) is 0 Å². The fourth-order valence-corrected chi connectivity index (χ4v) is 5.43. The lowest BCUT2D eigenvalue weighted by Crippen LogP contribution is -2.44. The summed E-state index contributed by atoms with van der Waals surface area (Å²) in [5.41, 5.74) is 0.132. The first kappa shape index (κ1) is 16.4. The number of amides is 1. The molecule has 1 atom stereocenters. The second-order valence-electron chi connectivity index (χ2n) is 6.62. The number of halogens is 1. The van der Waals surface area contributed by atoms with Crippen LogP contribution in [0.1, 0.15) is 24.6 Å². The molecule has 1 unspecified atom stereocenters. The molecule has 1 aromatic heterocycles. The molecule has 3 rings (SSSR count). The molecule has 2 aliphatic heterocycles. The van der Waals surface area contributed by atoms with Crippen LogP contribution in [0.5, 0.6) is 0 Å². The van der Waals surface area contributed by atoms with Gasteiger partial charge in [0.2, 0.25) is 5.91 Å². The summed E-state index contributed by atoms with van der Waals surface area (Å²) in [5, 5.41) is 9.73. The van der Waals surface area contributed by atoms with Crippen molar-refractivity contribution in [1.82, 2.24) is 9.80 Å². The number of hydrogen-bond donors (Lipinski definition) is 1. The number of hydrogen-bond acceptors (Lipinski definition) is 4. The number of piperidine rings is 1. The normalized spacial score (nSPS) is 25.0. The first-order chi connectivity index (χ1) is 10.5. The summed E-state index contributed by atoms with van der Waals surface area (Å²) in [5.74, 6) is 0.385. The van der Waals surface area contributed by atoms with Crippen LogP contribution in [-0.2, 0) is 11.3 Å². The van der Waals surface area contributed by atoms with Crippen LogP contribution in [0.15, 0.2) is 15.9 Å². The van der Waals surface area contributed by atoms with Gasteiger partial charge in [-0.3, -0.25) is 9.69 Å². The maximum atomic E-state index is 11.7. The summed E-state index contributed by atoms with van der Waals surface area (Å²) < 4.78 is 1.18. The summed E-state index contributed by atoms with van der Waals surface area (Å²) in [7, 11) is 0. The van der Waals surface area contributed by atoms with Crippen molar-refractivity contribution in [2.24, 2.45) is 11.3 Å². The zero-order valence-electron chi connectivity index (χ0n) is 12.9. The van der Waals surface area contributed by atoms with Gasteiger partial charge < -0.3 is 10.0 Å². The van der Waals surface area contributed by atoms with Crippen LogP contribution in [0.2, 0.25) is 0 Å². The van der Waals surface area contributed by atoms with Crippen LogP contribution >= 0.6 is 27.3 Å². The Morgan fingerprint density at radius 3 is 2.73 bits per heavy atom. The lowest BCUT2D eigenvalue weighted by Gasteiger charge is -2.42. The van der Waals surface area contributed by atoms with Crippen molar-refractivity contribution in [3.8, 4) is 0 Å². The maximum Gasteiger partial charge on any atom is 0.219 e. The fourth-order valence-electron chi connectivity index (χ4n) is 3.90. The number of rotatable bonds is 3. The number of aliphatic hydroxyl groups is 1. The predicted molar refractivity (Wildman–Crippen MR) is 91.8 cm³/mol. The van der Waals surface area contributed by atoms with Crippen molar-refractivity contribution in [3.05, 3.63) is 20.8 Å². The molecule has 0 saturated carbocycles. The average molecular weight is 387 g/mol. The van der Waals surface area contributed by atoms with Gasteiger partial charge in [0.05, 0.1) is 3.79 Å². The number of likely N-dealkylation sites (tertiary alicyclic amines) is 2. The number of carbonyl (C=O) groups excluding carboxylic acids is 1. The minimum absolute atomic E-state index is 0.132. The molecular formula is C16H23BrN2O2S. The highest BCUT2D eigenvalue weighted by Crippen LogP contribution is 2.44. The van der Waals surface area contributed by atoms with E-state index in [1.807, 2.05) is 4.90 Å². The third kappa shape index (κ3) is 3.25. The Hall–Kier alpha value is -0.430. The van der Waals surface area contributed by atoms with Crippen molar-refractivity contribution in [2.45, 2.75) is 26.3 Å². The Morgan fingerprint density at radius 2 is 2.18 bits per heavy atom.